The van der Waals surface area contributed by atoms with Gasteiger partial charge in [-0.1, -0.05) is 0 Å². The second-order valence-electron chi connectivity index (χ2n) is 7.87. The first-order valence-corrected chi connectivity index (χ1v) is 9.60. The van der Waals surface area contributed by atoms with E-state index in [4.69, 9.17) is 10.2 Å². The van der Waals surface area contributed by atoms with Crippen LogP contribution in [0.15, 0.2) is 42.7 Å². The molecular weight excluding hydrogens is 373 g/mol. The van der Waals surface area contributed by atoms with Gasteiger partial charge in [-0.15, -0.1) is 0 Å². The van der Waals surface area contributed by atoms with Gasteiger partial charge in [0.05, 0.1) is 11.1 Å². The first kappa shape index (κ1) is 17.9. The van der Waals surface area contributed by atoms with Crippen LogP contribution in [0.1, 0.15) is 34.9 Å². The molecule has 2 aliphatic rings. The van der Waals surface area contributed by atoms with E-state index in [9.17, 15) is 9.18 Å². The number of carbonyl (C=O) groups is 1. The summed E-state index contributed by atoms with van der Waals surface area (Å²) < 4.78 is 13.4. The number of hydrogen-bond donors (Lipinski definition) is 2. The Kier molecular flexibility index (Phi) is 4.16. The molecule has 4 atom stereocenters. The fraction of sp³-hybridized carbons (Fsp3) is 0.333. The van der Waals surface area contributed by atoms with E-state index in [0.717, 1.165) is 35.4 Å². The predicted octanol–water partition coefficient (Wildman–Crippen LogP) is 2.91. The van der Waals surface area contributed by atoms with Crippen molar-refractivity contribution < 1.29 is 14.4 Å². The van der Waals surface area contributed by atoms with Gasteiger partial charge in [-0.3, -0.25) is 10.0 Å². The number of halogens is 1. The lowest BCUT2D eigenvalue weighted by molar-refractivity contribution is 0.0705. The molecule has 2 N–H and O–H groups in total. The van der Waals surface area contributed by atoms with Crippen LogP contribution in [0.4, 0.5) is 10.2 Å². The van der Waals surface area contributed by atoms with Crippen molar-refractivity contribution in [2.24, 2.45) is 11.8 Å². The fourth-order valence-electron chi connectivity index (χ4n) is 4.76. The Morgan fingerprint density at radius 3 is 2.59 bits per heavy atom. The summed E-state index contributed by atoms with van der Waals surface area (Å²) in [6.45, 7) is 0. The molecule has 148 valence electrons. The molecule has 1 aromatic carbocycles. The molecule has 2 aliphatic carbocycles. The zero-order valence-corrected chi connectivity index (χ0v) is 15.8. The van der Waals surface area contributed by atoms with Crippen molar-refractivity contribution in [2.45, 2.75) is 24.8 Å². The molecule has 8 heteroatoms. The molecule has 2 fully saturated rings. The number of anilines is 1. The van der Waals surface area contributed by atoms with E-state index in [-0.39, 0.29) is 17.3 Å². The van der Waals surface area contributed by atoms with E-state index >= 15 is 0 Å². The van der Waals surface area contributed by atoms with Crippen LogP contribution < -0.4 is 10.4 Å². The number of benzene rings is 1. The average Bonchev–Trinajstić information content (AvgIpc) is 3.25. The lowest BCUT2D eigenvalue weighted by atomic mass is 10.0. The summed E-state index contributed by atoms with van der Waals surface area (Å²) in [5.41, 5.74) is 2.61. The van der Waals surface area contributed by atoms with E-state index in [2.05, 4.69) is 21.9 Å². The minimum absolute atomic E-state index is 0.235. The highest BCUT2D eigenvalue weighted by Gasteiger charge is 2.58. The monoisotopic (exact) mass is 393 g/mol. The lowest BCUT2D eigenvalue weighted by Crippen LogP contribution is -2.26. The number of hydroxylamine groups is 1. The van der Waals surface area contributed by atoms with Crippen LogP contribution >= 0.6 is 0 Å². The second kappa shape index (κ2) is 6.73. The summed E-state index contributed by atoms with van der Waals surface area (Å²) in [5.74, 6) is 2.20. The molecule has 3 aromatic rings. The van der Waals surface area contributed by atoms with Crippen LogP contribution in [0.25, 0.3) is 10.9 Å². The van der Waals surface area contributed by atoms with Gasteiger partial charge in [0, 0.05) is 36.8 Å². The Morgan fingerprint density at radius 1 is 1.17 bits per heavy atom. The second-order valence-corrected chi connectivity index (χ2v) is 7.87. The SMILES string of the molecule is CN(c1ccc2cc(F)ccc2n1)C1[C@H]2CC(c3ncc(C(=O)NO)cn3)C[C@@H]12. The Morgan fingerprint density at radius 2 is 1.90 bits per heavy atom. The maximum absolute atomic E-state index is 13.4. The Hall–Kier alpha value is -3.13. The van der Waals surface area contributed by atoms with Crippen molar-refractivity contribution in [1.82, 2.24) is 20.4 Å². The number of rotatable bonds is 4. The summed E-state index contributed by atoms with van der Waals surface area (Å²) in [6, 6.07) is 8.95. The van der Waals surface area contributed by atoms with E-state index in [1.165, 1.54) is 24.5 Å². The summed E-state index contributed by atoms with van der Waals surface area (Å²) in [5, 5.41) is 9.47. The van der Waals surface area contributed by atoms with Crippen LogP contribution in [-0.2, 0) is 0 Å². The normalized spacial score (nSPS) is 24.9. The van der Waals surface area contributed by atoms with Gasteiger partial charge in [0.1, 0.15) is 17.5 Å². The Labute approximate surface area is 166 Å². The molecule has 0 bridgehead atoms. The van der Waals surface area contributed by atoms with Crippen molar-refractivity contribution >= 4 is 22.6 Å². The molecule has 2 unspecified atom stereocenters. The molecule has 7 nitrogen and oxygen atoms in total. The zero-order chi connectivity index (χ0) is 20.1. The van der Waals surface area contributed by atoms with Crippen LogP contribution in [0.5, 0.6) is 0 Å². The third-order valence-electron chi connectivity index (χ3n) is 6.25. The summed E-state index contributed by atoms with van der Waals surface area (Å²) in [6.07, 6.45) is 4.90. The van der Waals surface area contributed by atoms with E-state index < -0.39 is 5.91 Å². The van der Waals surface area contributed by atoms with Crippen molar-refractivity contribution in [2.75, 3.05) is 11.9 Å². The molecule has 2 saturated carbocycles. The van der Waals surface area contributed by atoms with Crippen molar-refractivity contribution in [3.8, 4) is 0 Å². The van der Waals surface area contributed by atoms with E-state index in [1.54, 1.807) is 11.5 Å². The Bertz CT molecular complexity index is 1080. The highest BCUT2D eigenvalue weighted by molar-refractivity contribution is 5.92. The quantitative estimate of drug-likeness (QED) is 0.523. The van der Waals surface area contributed by atoms with Gasteiger partial charge in [0.25, 0.3) is 5.91 Å². The number of hydrogen-bond acceptors (Lipinski definition) is 6. The number of amides is 1. The largest absolute Gasteiger partial charge is 0.356 e. The number of carbonyl (C=O) groups excluding carboxylic acids is 1. The predicted molar refractivity (Wildman–Crippen MR) is 104 cm³/mol. The smallest absolute Gasteiger partial charge is 0.277 e. The number of aromatic nitrogens is 3. The van der Waals surface area contributed by atoms with Crippen LogP contribution in [0, 0.1) is 17.7 Å². The first-order valence-electron chi connectivity index (χ1n) is 9.60. The number of fused-ring (bicyclic) bond motifs is 2. The highest BCUT2D eigenvalue weighted by atomic mass is 19.1. The van der Waals surface area contributed by atoms with Crippen LogP contribution in [-0.4, -0.2) is 39.2 Å². The van der Waals surface area contributed by atoms with Crippen LogP contribution in [0.3, 0.4) is 0 Å². The van der Waals surface area contributed by atoms with Gasteiger partial charge >= 0.3 is 0 Å². The van der Waals surface area contributed by atoms with Gasteiger partial charge in [-0.2, -0.15) is 0 Å². The lowest BCUT2D eigenvalue weighted by Gasteiger charge is -2.22. The topological polar surface area (TPSA) is 91.2 Å². The number of nitrogens with one attached hydrogen (secondary N) is 1. The number of nitrogens with zero attached hydrogens (tertiary/aromatic N) is 4. The molecule has 2 aromatic heterocycles. The van der Waals surface area contributed by atoms with Gasteiger partial charge in [0.15, 0.2) is 0 Å². The molecule has 0 saturated heterocycles. The summed E-state index contributed by atoms with van der Waals surface area (Å²) >= 11 is 0. The van der Waals surface area contributed by atoms with E-state index in [0.29, 0.717) is 17.9 Å². The van der Waals surface area contributed by atoms with Gasteiger partial charge in [0.2, 0.25) is 0 Å². The molecule has 0 aliphatic heterocycles. The maximum atomic E-state index is 13.4. The molecule has 0 spiro atoms. The molecule has 1 amide bonds. The van der Waals surface area contributed by atoms with Crippen molar-refractivity contribution in [1.29, 1.82) is 0 Å². The molecule has 5 rings (SSSR count). The fourth-order valence-corrected chi connectivity index (χ4v) is 4.76. The van der Waals surface area contributed by atoms with Crippen LogP contribution in [0.2, 0.25) is 0 Å². The van der Waals surface area contributed by atoms with Gasteiger partial charge in [-0.25, -0.2) is 24.8 Å². The standard InChI is InChI=1S/C21H20FN5O2/c1-27(18-5-2-11-6-14(22)3-4-17(11)25-18)19-15-7-12(8-16(15)19)20-23-9-13(10-24-20)21(28)26-29/h2-6,9-10,12,15-16,19,29H,7-8H2,1H3,(H,26,28)/t12?,15-,16+,19?. The van der Waals surface area contributed by atoms with Gasteiger partial charge < -0.3 is 4.90 Å². The molecule has 29 heavy (non-hydrogen) atoms. The minimum Gasteiger partial charge on any atom is -0.356 e. The maximum Gasteiger partial charge on any atom is 0.277 e. The van der Waals surface area contributed by atoms with Crippen molar-refractivity contribution in [3.05, 3.63) is 59.9 Å². The minimum atomic E-state index is -0.613. The highest BCUT2D eigenvalue weighted by Crippen LogP contribution is 2.59. The third-order valence-corrected chi connectivity index (χ3v) is 6.25. The molecule has 2 heterocycles. The molecule has 0 radical (unpaired) electrons. The first-order chi connectivity index (χ1) is 14.0. The average molecular weight is 393 g/mol. The number of pyridine rings is 1. The summed E-state index contributed by atoms with van der Waals surface area (Å²) in [4.78, 5) is 26.9. The van der Waals surface area contributed by atoms with Gasteiger partial charge in [-0.05, 0) is 55.0 Å². The zero-order valence-electron chi connectivity index (χ0n) is 15.8. The third kappa shape index (κ3) is 3.09. The Balaban J connectivity index is 1.26. The molecular formula is C21H20FN5O2. The van der Waals surface area contributed by atoms with Crippen molar-refractivity contribution in [3.63, 3.8) is 0 Å². The summed E-state index contributed by atoms with van der Waals surface area (Å²) in [7, 11) is 2.06. The van der Waals surface area contributed by atoms with E-state index in [1.807, 2.05) is 12.1 Å².